The van der Waals surface area contributed by atoms with E-state index >= 15 is 0 Å². The van der Waals surface area contributed by atoms with Crippen molar-refractivity contribution in [3.05, 3.63) is 12.4 Å². The average molecular weight is 305 g/mol. The first-order valence-corrected chi connectivity index (χ1v) is 7.07. The molecule has 10 heteroatoms. The van der Waals surface area contributed by atoms with Crippen molar-refractivity contribution in [3.63, 3.8) is 0 Å². The van der Waals surface area contributed by atoms with Crippen molar-refractivity contribution in [2.24, 2.45) is 0 Å². The van der Waals surface area contributed by atoms with Crippen LogP contribution in [0.15, 0.2) is 17.3 Å². The topological polar surface area (TPSA) is 119 Å². The van der Waals surface area contributed by atoms with Crippen molar-refractivity contribution in [1.82, 2.24) is 14.1 Å². The van der Waals surface area contributed by atoms with Crippen LogP contribution in [-0.4, -0.2) is 59.7 Å². The van der Waals surface area contributed by atoms with Crippen LogP contribution in [0.2, 0.25) is 0 Å². The first-order valence-electron chi connectivity index (χ1n) is 5.63. The van der Waals surface area contributed by atoms with Crippen LogP contribution in [0.5, 0.6) is 0 Å². The quantitative estimate of drug-likeness (QED) is 0.652. The molecular weight excluding hydrogens is 290 g/mol. The Morgan fingerprint density at radius 3 is 2.70 bits per heavy atom. The number of hydrogen-bond donors (Lipinski definition) is 1. The molecule has 0 radical (unpaired) electrons. The second kappa shape index (κ2) is 6.48. The minimum Gasteiger partial charge on any atom is -0.480 e. The number of hydrogen-bond acceptors (Lipinski definition) is 6. The first kappa shape index (κ1) is 16.1. The molecule has 0 saturated carbocycles. The van der Waals surface area contributed by atoms with E-state index in [1.165, 1.54) is 7.05 Å². The monoisotopic (exact) mass is 305 g/mol. The van der Waals surface area contributed by atoms with Gasteiger partial charge >= 0.3 is 11.9 Å². The molecule has 1 rings (SSSR count). The molecule has 20 heavy (non-hydrogen) atoms. The number of aromatic nitrogens is 2. The van der Waals surface area contributed by atoms with Crippen molar-refractivity contribution >= 4 is 22.0 Å². The van der Waals surface area contributed by atoms with E-state index in [-0.39, 0.29) is 11.5 Å². The van der Waals surface area contributed by atoms with Crippen LogP contribution in [0.1, 0.15) is 6.92 Å². The van der Waals surface area contributed by atoms with Gasteiger partial charge in [-0.3, -0.25) is 14.3 Å². The summed E-state index contributed by atoms with van der Waals surface area (Å²) >= 11 is 0. The Labute approximate surface area is 115 Å². The van der Waals surface area contributed by atoms with Crippen LogP contribution in [0.3, 0.4) is 0 Å². The van der Waals surface area contributed by atoms with E-state index in [1.807, 2.05) is 0 Å². The highest BCUT2D eigenvalue weighted by Crippen LogP contribution is 2.13. The zero-order chi connectivity index (χ0) is 15.3. The van der Waals surface area contributed by atoms with Gasteiger partial charge in [-0.15, -0.1) is 0 Å². The van der Waals surface area contributed by atoms with E-state index in [1.54, 1.807) is 6.92 Å². The highest BCUT2D eigenvalue weighted by molar-refractivity contribution is 7.89. The van der Waals surface area contributed by atoms with E-state index in [9.17, 15) is 18.0 Å². The summed E-state index contributed by atoms with van der Waals surface area (Å²) in [6.45, 7) is 0.892. The summed E-state index contributed by atoms with van der Waals surface area (Å²) in [5.74, 6) is -1.81. The Morgan fingerprint density at radius 1 is 1.50 bits per heavy atom. The van der Waals surface area contributed by atoms with Crippen LogP contribution in [0.25, 0.3) is 0 Å². The number of carboxylic acids is 1. The molecule has 0 aliphatic heterocycles. The fourth-order valence-electron chi connectivity index (χ4n) is 1.36. The Kier molecular flexibility index (Phi) is 5.22. The number of esters is 1. The molecule has 0 aliphatic rings. The van der Waals surface area contributed by atoms with Gasteiger partial charge in [0.15, 0.2) is 0 Å². The van der Waals surface area contributed by atoms with Gasteiger partial charge in [0, 0.05) is 13.2 Å². The van der Waals surface area contributed by atoms with E-state index in [0.717, 1.165) is 21.4 Å². The highest BCUT2D eigenvalue weighted by atomic mass is 32.2. The van der Waals surface area contributed by atoms with E-state index in [0.29, 0.717) is 0 Å². The summed E-state index contributed by atoms with van der Waals surface area (Å²) < 4.78 is 30.6. The molecule has 0 saturated heterocycles. The fourth-order valence-corrected chi connectivity index (χ4v) is 2.43. The van der Waals surface area contributed by atoms with Gasteiger partial charge in [-0.05, 0) is 6.92 Å². The fraction of sp³-hybridized carbons (Fsp3) is 0.500. The maximum absolute atomic E-state index is 12.1. The summed E-state index contributed by atoms with van der Waals surface area (Å²) in [6, 6.07) is 0. The molecule has 0 bridgehead atoms. The minimum atomic E-state index is -3.91. The molecule has 1 N–H and O–H groups in total. The van der Waals surface area contributed by atoms with Gasteiger partial charge in [0.25, 0.3) is 0 Å². The molecule has 9 nitrogen and oxygen atoms in total. The third-order valence-corrected chi connectivity index (χ3v) is 4.03. The summed E-state index contributed by atoms with van der Waals surface area (Å²) in [5.41, 5.74) is 0. The minimum absolute atomic E-state index is 0.156. The van der Waals surface area contributed by atoms with E-state index in [2.05, 4.69) is 9.84 Å². The zero-order valence-corrected chi connectivity index (χ0v) is 11.8. The SMILES string of the molecule is CCOC(=O)CN(C)S(=O)(=O)c1cnn(CC(=O)O)c1. The second-order valence-electron chi connectivity index (χ2n) is 3.83. The van der Waals surface area contributed by atoms with Crippen molar-refractivity contribution in [2.75, 3.05) is 20.2 Å². The van der Waals surface area contributed by atoms with Gasteiger partial charge in [0.2, 0.25) is 10.0 Å². The van der Waals surface area contributed by atoms with Crippen LogP contribution < -0.4 is 0 Å². The molecule has 0 amide bonds. The summed E-state index contributed by atoms with van der Waals surface area (Å²) in [6.07, 6.45) is 2.12. The van der Waals surface area contributed by atoms with Gasteiger partial charge in [-0.1, -0.05) is 0 Å². The zero-order valence-electron chi connectivity index (χ0n) is 11.0. The van der Waals surface area contributed by atoms with Crippen LogP contribution in [-0.2, 0) is 30.9 Å². The summed E-state index contributed by atoms with van der Waals surface area (Å²) in [7, 11) is -2.69. The predicted octanol–water partition coefficient (Wildman–Crippen LogP) is -0.849. The van der Waals surface area contributed by atoms with Gasteiger partial charge < -0.3 is 9.84 Å². The number of rotatable bonds is 7. The highest BCUT2D eigenvalue weighted by Gasteiger charge is 2.25. The molecule has 1 heterocycles. The Morgan fingerprint density at radius 2 is 2.15 bits per heavy atom. The lowest BCUT2D eigenvalue weighted by Crippen LogP contribution is -2.33. The predicted molar refractivity (Wildman–Crippen MR) is 66.3 cm³/mol. The molecule has 0 fully saturated rings. The Hall–Kier alpha value is -1.94. The second-order valence-corrected chi connectivity index (χ2v) is 5.88. The van der Waals surface area contributed by atoms with Crippen molar-refractivity contribution in [2.45, 2.75) is 18.4 Å². The van der Waals surface area contributed by atoms with Gasteiger partial charge in [-0.25, -0.2) is 8.42 Å². The maximum atomic E-state index is 12.1. The van der Waals surface area contributed by atoms with Gasteiger partial charge in [0.05, 0.1) is 12.8 Å². The molecule has 0 spiro atoms. The van der Waals surface area contributed by atoms with Crippen LogP contribution in [0, 0.1) is 0 Å². The molecule has 0 atom stereocenters. The number of aliphatic carboxylic acids is 1. The first-order chi connectivity index (χ1) is 9.27. The number of carbonyl (C=O) groups is 2. The molecule has 1 aromatic rings. The Bertz CT molecular complexity index is 594. The molecule has 0 aromatic carbocycles. The lowest BCUT2D eigenvalue weighted by molar-refractivity contribution is -0.143. The number of carboxylic acid groups (broad SMARTS) is 1. The van der Waals surface area contributed by atoms with Crippen molar-refractivity contribution in [3.8, 4) is 0 Å². The van der Waals surface area contributed by atoms with Crippen molar-refractivity contribution < 1.29 is 27.9 Å². The van der Waals surface area contributed by atoms with Crippen LogP contribution in [0.4, 0.5) is 0 Å². The standard InChI is InChI=1S/C10H15N3O6S/c1-3-19-10(16)7-12(2)20(17,18)8-4-11-13(5-8)6-9(14)15/h4-5H,3,6-7H2,1-2H3,(H,14,15). The molecule has 0 unspecified atom stereocenters. The molecular formula is C10H15N3O6S. The largest absolute Gasteiger partial charge is 0.480 e. The number of likely N-dealkylation sites (N-methyl/N-ethyl adjacent to an activating group) is 1. The van der Waals surface area contributed by atoms with Crippen LogP contribution >= 0.6 is 0 Å². The van der Waals surface area contributed by atoms with Crippen molar-refractivity contribution in [1.29, 1.82) is 0 Å². The Balaban J connectivity index is 2.84. The third kappa shape index (κ3) is 4.03. The number of sulfonamides is 1. The lowest BCUT2D eigenvalue weighted by Gasteiger charge is -2.14. The normalized spacial score (nSPS) is 11.6. The summed E-state index contributed by atoms with van der Waals surface area (Å²) in [4.78, 5) is 21.6. The summed E-state index contributed by atoms with van der Waals surface area (Å²) in [5, 5.41) is 12.2. The van der Waals surface area contributed by atoms with E-state index in [4.69, 9.17) is 5.11 Å². The number of carbonyl (C=O) groups excluding carboxylic acids is 1. The average Bonchev–Trinajstić information content (AvgIpc) is 2.77. The van der Waals surface area contributed by atoms with Gasteiger partial charge in [0.1, 0.15) is 18.0 Å². The molecule has 1 aromatic heterocycles. The van der Waals surface area contributed by atoms with E-state index < -0.39 is 35.1 Å². The van der Waals surface area contributed by atoms with Gasteiger partial charge in [-0.2, -0.15) is 9.40 Å². The third-order valence-electron chi connectivity index (χ3n) is 2.27. The smallest absolute Gasteiger partial charge is 0.325 e. The maximum Gasteiger partial charge on any atom is 0.325 e. The molecule has 112 valence electrons. The number of ether oxygens (including phenoxy) is 1. The molecule has 0 aliphatic carbocycles. The lowest BCUT2D eigenvalue weighted by atomic mass is 10.6. The number of nitrogens with zero attached hydrogens (tertiary/aromatic N) is 3.